The van der Waals surface area contributed by atoms with E-state index in [4.69, 9.17) is 5.11 Å². The Morgan fingerprint density at radius 3 is 2.74 bits per heavy atom. The molecule has 1 atom stereocenters. The van der Waals surface area contributed by atoms with Crippen molar-refractivity contribution in [2.45, 2.75) is 13.8 Å². The molecule has 2 N–H and O–H groups in total. The van der Waals surface area contributed by atoms with E-state index in [2.05, 4.69) is 15.3 Å². The summed E-state index contributed by atoms with van der Waals surface area (Å²) >= 11 is 0. The van der Waals surface area contributed by atoms with Crippen LogP contribution in [0.25, 0.3) is 10.9 Å². The Balaban J connectivity index is 2.20. The molecule has 2 aromatic rings. The Morgan fingerprint density at radius 2 is 2.05 bits per heavy atom. The van der Waals surface area contributed by atoms with Crippen molar-refractivity contribution in [2.24, 2.45) is 11.8 Å². The van der Waals surface area contributed by atoms with Crippen molar-refractivity contribution < 1.29 is 9.90 Å². The van der Waals surface area contributed by atoms with E-state index < -0.39 is 11.9 Å². The van der Waals surface area contributed by atoms with Gasteiger partial charge in [0.2, 0.25) is 0 Å². The quantitative estimate of drug-likeness (QED) is 0.862. The number of para-hydroxylation sites is 1. The van der Waals surface area contributed by atoms with Crippen LogP contribution in [0.3, 0.4) is 0 Å². The molecule has 0 amide bonds. The average molecular weight is 259 g/mol. The minimum Gasteiger partial charge on any atom is -0.481 e. The van der Waals surface area contributed by atoms with Crippen LogP contribution in [-0.2, 0) is 4.79 Å². The number of aromatic nitrogens is 2. The van der Waals surface area contributed by atoms with Gasteiger partial charge in [-0.1, -0.05) is 26.0 Å². The summed E-state index contributed by atoms with van der Waals surface area (Å²) in [4.78, 5) is 19.5. The molecule has 0 fully saturated rings. The van der Waals surface area contributed by atoms with Crippen molar-refractivity contribution in [3.05, 3.63) is 30.6 Å². The number of benzene rings is 1. The zero-order valence-corrected chi connectivity index (χ0v) is 11.0. The van der Waals surface area contributed by atoms with E-state index in [0.29, 0.717) is 12.4 Å². The van der Waals surface area contributed by atoms with E-state index in [9.17, 15) is 4.79 Å². The molecule has 0 saturated heterocycles. The van der Waals surface area contributed by atoms with Crippen LogP contribution in [0.15, 0.2) is 30.6 Å². The number of hydrogen-bond donors (Lipinski definition) is 2. The van der Waals surface area contributed by atoms with Crippen molar-refractivity contribution >= 4 is 22.7 Å². The second kappa shape index (κ2) is 5.65. The molecule has 5 heteroatoms. The fraction of sp³-hybridized carbons (Fsp3) is 0.357. The molecular weight excluding hydrogens is 242 g/mol. The fourth-order valence-corrected chi connectivity index (χ4v) is 1.96. The highest BCUT2D eigenvalue weighted by molar-refractivity contribution is 5.88. The SMILES string of the molecule is CC(C)C(CNc1ncnc2ccccc12)C(=O)O. The largest absolute Gasteiger partial charge is 0.481 e. The van der Waals surface area contributed by atoms with Crippen LogP contribution in [0.2, 0.25) is 0 Å². The van der Waals surface area contributed by atoms with Crippen molar-refractivity contribution in [1.29, 1.82) is 0 Å². The molecule has 100 valence electrons. The number of fused-ring (bicyclic) bond motifs is 1. The van der Waals surface area contributed by atoms with Crippen LogP contribution in [0.5, 0.6) is 0 Å². The van der Waals surface area contributed by atoms with Crippen LogP contribution in [0, 0.1) is 11.8 Å². The predicted octanol–water partition coefficient (Wildman–Crippen LogP) is 2.40. The van der Waals surface area contributed by atoms with Gasteiger partial charge in [0, 0.05) is 11.9 Å². The summed E-state index contributed by atoms with van der Waals surface area (Å²) < 4.78 is 0. The number of hydrogen-bond acceptors (Lipinski definition) is 4. The van der Waals surface area contributed by atoms with Gasteiger partial charge in [0.05, 0.1) is 11.4 Å². The molecule has 0 spiro atoms. The maximum atomic E-state index is 11.2. The van der Waals surface area contributed by atoms with Gasteiger partial charge in [-0.25, -0.2) is 9.97 Å². The summed E-state index contributed by atoms with van der Waals surface area (Å²) in [6, 6.07) is 7.64. The van der Waals surface area contributed by atoms with Gasteiger partial charge in [-0.3, -0.25) is 4.79 Å². The van der Waals surface area contributed by atoms with E-state index in [0.717, 1.165) is 10.9 Å². The Morgan fingerprint density at radius 1 is 1.32 bits per heavy atom. The van der Waals surface area contributed by atoms with Gasteiger partial charge in [0.25, 0.3) is 0 Å². The summed E-state index contributed by atoms with van der Waals surface area (Å²) in [5.74, 6) is -0.481. The Kier molecular flexibility index (Phi) is 3.94. The number of nitrogens with one attached hydrogen (secondary N) is 1. The molecule has 5 nitrogen and oxygen atoms in total. The van der Waals surface area contributed by atoms with Crippen LogP contribution < -0.4 is 5.32 Å². The second-order valence-corrected chi connectivity index (χ2v) is 4.81. The zero-order chi connectivity index (χ0) is 13.8. The predicted molar refractivity (Wildman–Crippen MR) is 74.0 cm³/mol. The molecule has 0 saturated carbocycles. The Bertz CT molecular complexity index is 578. The summed E-state index contributed by atoms with van der Waals surface area (Å²) in [5, 5.41) is 13.2. The zero-order valence-electron chi connectivity index (χ0n) is 11.0. The first kappa shape index (κ1) is 13.3. The first-order valence-corrected chi connectivity index (χ1v) is 6.26. The van der Waals surface area contributed by atoms with Gasteiger partial charge in [0.15, 0.2) is 0 Å². The maximum absolute atomic E-state index is 11.2. The lowest BCUT2D eigenvalue weighted by Gasteiger charge is -2.17. The molecular formula is C14H17N3O2. The first-order valence-electron chi connectivity index (χ1n) is 6.26. The third kappa shape index (κ3) is 2.99. The lowest BCUT2D eigenvalue weighted by molar-refractivity contribution is -0.142. The van der Waals surface area contributed by atoms with Crippen LogP contribution in [0.1, 0.15) is 13.8 Å². The fourth-order valence-electron chi connectivity index (χ4n) is 1.96. The van der Waals surface area contributed by atoms with Crippen LogP contribution in [-0.4, -0.2) is 27.6 Å². The molecule has 0 bridgehead atoms. The van der Waals surface area contributed by atoms with Gasteiger partial charge >= 0.3 is 5.97 Å². The lowest BCUT2D eigenvalue weighted by Crippen LogP contribution is -2.27. The highest BCUT2D eigenvalue weighted by atomic mass is 16.4. The smallest absolute Gasteiger partial charge is 0.308 e. The molecule has 0 aliphatic carbocycles. The van der Waals surface area contributed by atoms with Gasteiger partial charge in [-0.05, 0) is 18.1 Å². The van der Waals surface area contributed by atoms with E-state index in [1.807, 2.05) is 38.1 Å². The summed E-state index contributed by atoms with van der Waals surface area (Å²) in [7, 11) is 0. The summed E-state index contributed by atoms with van der Waals surface area (Å²) in [6.45, 7) is 4.16. The summed E-state index contributed by atoms with van der Waals surface area (Å²) in [6.07, 6.45) is 1.48. The maximum Gasteiger partial charge on any atom is 0.308 e. The van der Waals surface area contributed by atoms with Gasteiger partial charge in [-0.2, -0.15) is 0 Å². The van der Waals surface area contributed by atoms with Crippen molar-refractivity contribution in [3.8, 4) is 0 Å². The second-order valence-electron chi connectivity index (χ2n) is 4.81. The minimum atomic E-state index is -0.791. The monoisotopic (exact) mass is 259 g/mol. The highest BCUT2D eigenvalue weighted by Crippen LogP contribution is 2.19. The lowest BCUT2D eigenvalue weighted by atomic mass is 9.96. The molecule has 0 radical (unpaired) electrons. The Labute approximate surface area is 111 Å². The number of aliphatic carboxylic acids is 1. The standard InChI is InChI=1S/C14H17N3O2/c1-9(2)11(14(18)19)7-15-13-10-5-3-4-6-12(10)16-8-17-13/h3-6,8-9,11H,7H2,1-2H3,(H,18,19)(H,15,16,17). The molecule has 1 aromatic heterocycles. The van der Waals surface area contributed by atoms with E-state index in [-0.39, 0.29) is 5.92 Å². The van der Waals surface area contributed by atoms with Gasteiger partial charge in [0.1, 0.15) is 12.1 Å². The number of nitrogens with zero attached hydrogens (tertiary/aromatic N) is 2. The van der Waals surface area contributed by atoms with Gasteiger partial charge < -0.3 is 10.4 Å². The third-order valence-electron chi connectivity index (χ3n) is 3.15. The molecule has 1 aromatic carbocycles. The summed E-state index contributed by atoms with van der Waals surface area (Å²) in [5.41, 5.74) is 0.844. The molecule has 2 rings (SSSR count). The van der Waals surface area contributed by atoms with Crippen molar-refractivity contribution in [2.75, 3.05) is 11.9 Å². The van der Waals surface area contributed by atoms with Crippen LogP contribution in [0.4, 0.5) is 5.82 Å². The molecule has 0 aliphatic heterocycles. The van der Waals surface area contributed by atoms with E-state index in [1.54, 1.807) is 0 Å². The Hall–Kier alpha value is -2.17. The van der Waals surface area contributed by atoms with E-state index >= 15 is 0 Å². The normalized spacial score (nSPS) is 12.6. The number of rotatable bonds is 5. The molecule has 19 heavy (non-hydrogen) atoms. The topological polar surface area (TPSA) is 75.1 Å². The number of anilines is 1. The molecule has 1 unspecified atom stereocenters. The average Bonchev–Trinajstić information content (AvgIpc) is 2.38. The first-order chi connectivity index (χ1) is 9.09. The molecule has 0 aliphatic rings. The third-order valence-corrected chi connectivity index (χ3v) is 3.15. The van der Waals surface area contributed by atoms with Crippen LogP contribution >= 0.6 is 0 Å². The number of carboxylic acids is 1. The van der Waals surface area contributed by atoms with E-state index in [1.165, 1.54) is 6.33 Å². The minimum absolute atomic E-state index is 0.0677. The van der Waals surface area contributed by atoms with Crippen molar-refractivity contribution in [3.63, 3.8) is 0 Å². The number of carbonyl (C=O) groups is 1. The van der Waals surface area contributed by atoms with Crippen molar-refractivity contribution in [1.82, 2.24) is 9.97 Å². The number of carboxylic acid groups (broad SMARTS) is 1. The molecule has 1 heterocycles. The van der Waals surface area contributed by atoms with Gasteiger partial charge in [-0.15, -0.1) is 0 Å². The highest BCUT2D eigenvalue weighted by Gasteiger charge is 2.21.